The van der Waals surface area contributed by atoms with E-state index in [0.717, 1.165) is 28.0 Å². The van der Waals surface area contributed by atoms with Crippen molar-refractivity contribution in [2.75, 3.05) is 0 Å². The Bertz CT molecular complexity index is 1580. The van der Waals surface area contributed by atoms with E-state index >= 15 is 4.39 Å². The molecule has 3 aliphatic rings. The molecule has 2 atom stereocenters. The van der Waals surface area contributed by atoms with Gasteiger partial charge in [0, 0.05) is 23.2 Å². The van der Waals surface area contributed by atoms with Crippen LogP contribution in [0.5, 0.6) is 0 Å². The van der Waals surface area contributed by atoms with Gasteiger partial charge in [-0.2, -0.15) is 9.50 Å². The Morgan fingerprint density at radius 1 is 1.03 bits per heavy atom. The summed E-state index contributed by atoms with van der Waals surface area (Å²) in [5.41, 5.74) is 5.87. The number of nitrogens with one attached hydrogen (secondary N) is 2. The number of rotatable bonds is 3. The number of hydrogen-bond acceptors (Lipinski definition) is 4. The monoisotopic (exact) mass is 494 g/mol. The number of aryl methyl sites for hydroxylation is 2. The van der Waals surface area contributed by atoms with E-state index in [1.807, 2.05) is 32.9 Å². The first kappa shape index (κ1) is 23.6. The van der Waals surface area contributed by atoms with Crippen molar-refractivity contribution in [1.82, 2.24) is 10.6 Å². The summed E-state index contributed by atoms with van der Waals surface area (Å²) in [4.78, 5) is 13.7. The lowest BCUT2D eigenvalue weighted by molar-refractivity contribution is -0.120. The number of benzene rings is 3. The van der Waals surface area contributed by atoms with E-state index in [-0.39, 0.29) is 5.91 Å². The maximum absolute atomic E-state index is 15.4. The van der Waals surface area contributed by atoms with Crippen LogP contribution in [0.25, 0.3) is 21.9 Å². The molecule has 37 heavy (non-hydrogen) atoms. The van der Waals surface area contributed by atoms with Crippen molar-refractivity contribution in [1.29, 1.82) is 0 Å². The first-order valence-corrected chi connectivity index (χ1v) is 12.9. The van der Waals surface area contributed by atoms with Crippen LogP contribution >= 0.6 is 0 Å². The van der Waals surface area contributed by atoms with E-state index in [2.05, 4.69) is 77.2 Å². The van der Waals surface area contributed by atoms with Crippen LogP contribution in [-0.4, -0.2) is 17.6 Å². The number of carbonyl (C=O) groups is 1. The molecule has 3 aromatic rings. The lowest BCUT2D eigenvalue weighted by Gasteiger charge is -2.48. The quantitative estimate of drug-likeness (QED) is 0.389. The number of amides is 1. The third-order valence-electron chi connectivity index (χ3n) is 8.22. The Morgan fingerprint density at radius 2 is 1.81 bits per heavy atom. The Labute approximate surface area is 216 Å². The van der Waals surface area contributed by atoms with Gasteiger partial charge in [0.05, 0.1) is 11.0 Å². The van der Waals surface area contributed by atoms with Crippen LogP contribution in [0, 0.1) is 13.8 Å². The van der Waals surface area contributed by atoms with E-state index in [1.165, 1.54) is 16.3 Å². The van der Waals surface area contributed by atoms with E-state index in [1.54, 1.807) is 0 Å². The highest BCUT2D eigenvalue weighted by atomic mass is 19.1. The Kier molecular flexibility index (Phi) is 5.17. The first-order chi connectivity index (χ1) is 17.7. The second-order valence-electron chi connectivity index (χ2n) is 11.1. The summed E-state index contributed by atoms with van der Waals surface area (Å²) in [6, 6.07) is 18.9. The van der Waals surface area contributed by atoms with Crippen molar-refractivity contribution in [3.63, 3.8) is 0 Å². The van der Waals surface area contributed by atoms with Crippen LogP contribution in [0.4, 0.5) is 4.39 Å². The topological polar surface area (TPSA) is 65.8 Å². The van der Waals surface area contributed by atoms with Crippen molar-refractivity contribution < 1.29 is 9.18 Å². The van der Waals surface area contributed by atoms with Crippen LogP contribution in [-0.2, 0) is 10.2 Å². The molecule has 3 heterocycles. The van der Waals surface area contributed by atoms with Gasteiger partial charge in [0.15, 0.2) is 6.17 Å². The maximum atomic E-state index is 15.4. The minimum absolute atomic E-state index is 0.173. The third kappa shape index (κ3) is 3.38. The molecule has 0 bridgehead atoms. The third-order valence-corrected chi connectivity index (χ3v) is 8.22. The molecule has 3 aliphatic heterocycles. The fourth-order valence-electron chi connectivity index (χ4n) is 6.62. The summed E-state index contributed by atoms with van der Waals surface area (Å²) in [7, 11) is 0. The van der Waals surface area contributed by atoms with Gasteiger partial charge in [-0.05, 0) is 78.8 Å². The molecule has 5 nitrogen and oxygen atoms in total. The van der Waals surface area contributed by atoms with Crippen LogP contribution in [0.2, 0.25) is 0 Å². The van der Waals surface area contributed by atoms with E-state index in [4.69, 9.17) is 0 Å². The number of halogens is 1. The first-order valence-electron chi connectivity index (χ1n) is 12.9. The zero-order valence-corrected chi connectivity index (χ0v) is 21.9. The van der Waals surface area contributed by atoms with E-state index in [0.29, 0.717) is 24.0 Å². The molecule has 188 valence electrons. The van der Waals surface area contributed by atoms with Crippen molar-refractivity contribution in [2.45, 2.75) is 64.6 Å². The Morgan fingerprint density at radius 3 is 2.59 bits per heavy atom. The van der Waals surface area contributed by atoms with Crippen LogP contribution < -0.4 is 10.6 Å². The van der Waals surface area contributed by atoms with Crippen molar-refractivity contribution >= 4 is 16.7 Å². The second-order valence-corrected chi connectivity index (χ2v) is 11.1. The smallest absolute Gasteiger partial charge is 0.250 e. The minimum Gasteiger partial charge on any atom is -0.362 e. The SMILES string of the molecule is CC[C@@]1(c2cccc(-c3c(C)ccc4c(C)cccc34)c2)C2=C(CC(C)(C)NC2=O)NC2N=NC(F)=C21. The minimum atomic E-state index is -0.982. The highest BCUT2D eigenvalue weighted by Gasteiger charge is 2.55. The average molecular weight is 495 g/mol. The maximum Gasteiger partial charge on any atom is 0.250 e. The molecule has 0 fully saturated rings. The lowest BCUT2D eigenvalue weighted by Crippen LogP contribution is -2.58. The zero-order chi connectivity index (χ0) is 26.1. The highest BCUT2D eigenvalue weighted by molar-refractivity contribution is 6.01. The molecular formula is C31H31FN4O. The number of fused-ring (bicyclic) bond motifs is 2. The molecular weight excluding hydrogens is 463 g/mol. The average Bonchev–Trinajstić information content (AvgIpc) is 3.22. The Hall–Kier alpha value is -3.80. The standard InChI is InChI=1S/C31H31FN4O/c1-6-31(25-23(16-30(4,5)34-29(25)37)33-28-26(31)27(32)35-36-28)20-11-8-10-19(15-20)24-18(3)13-14-21-17(2)9-7-12-22(21)24/h7-15,28,33H,6,16H2,1-5H3,(H,34,37)/t28?,31-/m1/s1. The van der Waals surface area contributed by atoms with Gasteiger partial charge < -0.3 is 10.6 Å². The predicted molar refractivity (Wildman–Crippen MR) is 145 cm³/mol. The molecule has 0 saturated heterocycles. The number of hydrogen-bond donors (Lipinski definition) is 2. The second kappa shape index (κ2) is 8.10. The number of carbonyl (C=O) groups excluding carboxylic acids is 1. The summed E-state index contributed by atoms with van der Waals surface area (Å²) in [5, 5.41) is 16.9. The van der Waals surface area contributed by atoms with E-state index in [9.17, 15) is 4.79 Å². The zero-order valence-electron chi connectivity index (χ0n) is 21.9. The fourth-order valence-corrected chi connectivity index (χ4v) is 6.62. The fraction of sp³-hybridized carbons (Fsp3) is 0.323. The molecule has 0 radical (unpaired) electrons. The van der Waals surface area contributed by atoms with Gasteiger partial charge in [-0.25, -0.2) is 0 Å². The van der Waals surface area contributed by atoms with Gasteiger partial charge in [0.1, 0.15) is 0 Å². The number of azo groups is 1. The molecule has 0 saturated carbocycles. The molecule has 0 aliphatic carbocycles. The van der Waals surface area contributed by atoms with Gasteiger partial charge in [-0.15, -0.1) is 5.11 Å². The van der Waals surface area contributed by atoms with Crippen molar-refractivity contribution in [3.8, 4) is 11.1 Å². The van der Waals surface area contributed by atoms with Crippen molar-refractivity contribution in [2.24, 2.45) is 10.2 Å². The highest BCUT2D eigenvalue weighted by Crippen LogP contribution is 2.53. The summed E-state index contributed by atoms with van der Waals surface area (Å²) in [6.07, 6.45) is 0.493. The van der Waals surface area contributed by atoms with Gasteiger partial charge >= 0.3 is 0 Å². The molecule has 0 aromatic heterocycles. The summed E-state index contributed by atoms with van der Waals surface area (Å²) in [5.74, 6) is -0.778. The largest absolute Gasteiger partial charge is 0.362 e. The Balaban J connectivity index is 1.63. The lowest BCUT2D eigenvalue weighted by atomic mass is 9.61. The molecule has 3 aromatic carbocycles. The molecule has 2 N–H and O–H groups in total. The van der Waals surface area contributed by atoms with E-state index < -0.39 is 23.1 Å². The summed E-state index contributed by atoms with van der Waals surface area (Å²) in [6.45, 7) is 10.3. The normalized spacial score (nSPS) is 24.2. The molecule has 1 amide bonds. The van der Waals surface area contributed by atoms with Crippen molar-refractivity contribution in [3.05, 3.63) is 94.1 Å². The summed E-state index contributed by atoms with van der Waals surface area (Å²) >= 11 is 0. The molecule has 6 heteroatoms. The predicted octanol–water partition coefficient (Wildman–Crippen LogP) is 6.90. The van der Waals surface area contributed by atoms with Crippen LogP contribution in [0.3, 0.4) is 0 Å². The number of nitrogens with zero attached hydrogens (tertiary/aromatic N) is 2. The van der Waals surface area contributed by atoms with Gasteiger partial charge in [0.25, 0.3) is 5.91 Å². The van der Waals surface area contributed by atoms with Crippen LogP contribution in [0.1, 0.15) is 50.3 Å². The summed E-state index contributed by atoms with van der Waals surface area (Å²) < 4.78 is 15.4. The van der Waals surface area contributed by atoms with Gasteiger partial charge in [-0.1, -0.05) is 55.5 Å². The molecule has 1 unspecified atom stereocenters. The van der Waals surface area contributed by atoms with Gasteiger partial charge in [0.2, 0.25) is 5.95 Å². The van der Waals surface area contributed by atoms with Crippen LogP contribution in [0.15, 0.2) is 87.6 Å². The molecule has 0 spiro atoms. The molecule has 6 rings (SSSR count). The van der Waals surface area contributed by atoms with Gasteiger partial charge in [-0.3, -0.25) is 4.79 Å².